The van der Waals surface area contributed by atoms with Gasteiger partial charge in [-0.05, 0) is 12.0 Å². The molecule has 0 aliphatic heterocycles. The quantitative estimate of drug-likeness (QED) is 0.798. The van der Waals surface area contributed by atoms with E-state index in [0.717, 1.165) is 24.3 Å². The zero-order valence-corrected chi connectivity index (χ0v) is 11.0. The third-order valence-corrected chi connectivity index (χ3v) is 3.30. The van der Waals surface area contributed by atoms with Gasteiger partial charge in [0.1, 0.15) is 0 Å². The van der Waals surface area contributed by atoms with E-state index in [1.165, 1.54) is 5.56 Å². The molecule has 0 atom stereocenters. The predicted molar refractivity (Wildman–Crippen MR) is 76.3 cm³/mol. The summed E-state index contributed by atoms with van der Waals surface area (Å²) < 4.78 is 1.67. The van der Waals surface area contributed by atoms with Gasteiger partial charge in [0.25, 0.3) is 0 Å². The van der Waals surface area contributed by atoms with Crippen molar-refractivity contribution >= 4 is 22.9 Å². The fourth-order valence-corrected chi connectivity index (χ4v) is 2.12. The number of halogens is 1. The lowest BCUT2D eigenvalue weighted by Gasteiger charge is -1.97. The van der Waals surface area contributed by atoms with Gasteiger partial charge in [0, 0.05) is 12.5 Å². The number of aromatic nitrogens is 3. The average molecular weight is 273 g/mol. The van der Waals surface area contributed by atoms with Crippen molar-refractivity contribution in [3.05, 3.63) is 59.0 Å². The first-order valence-corrected chi connectivity index (χ1v) is 6.44. The minimum absolute atomic E-state index is 0.508. The Labute approximate surface area is 115 Å². The van der Waals surface area contributed by atoms with E-state index in [2.05, 4.69) is 22.2 Å². The lowest BCUT2D eigenvalue weighted by atomic mass is 10.1. The number of rotatable bonds is 3. The van der Waals surface area contributed by atoms with Crippen LogP contribution in [0.1, 0.15) is 11.4 Å². The van der Waals surface area contributed by atoms with Crippen LogP contribution in [0.15, 0.2) is 42.6 Å². The van der Waals surface area contributed by atoms with E-state index in [0.29, 0.717) is 10.7 Å². The molecule has 2 heterocycles. The van der Waals surface area contributed by atoms with Crippen LogP contribution in [0.4, 0.5) is 5.69 Å². The van der Waals surface area contributed by atoms with E-state index in [4.69, 9.17) is 17.3 Å². The molecule has 0 unspecified atom stereocenters. The van der Waals surface area contributed by atoms with E-state index in [-0.39, 0.29) is 0 Å². The topological polar surface area (TPSA) is 56.2 Å². The van der Waals surface area contributed by atoms with Crippen molar-refractivity contribution in [2.45, 2.75) is 12.8 Å². The van der Waals surface area contributed by atoms with Gasteiger partial charge < -0.3 is 5.73 Å². The first-order valence-electron chi connectivity index (χ1n) is 6.06. The summed E-state index contributed by atoms with van der Waals surface area (Å²) in [6.07, 6.45) is 3.40. The van der Waals surface area contributed by atoms with E-state index in [9.17, 15) is 0 Å². The Morgan fingerprint density at radius 1 is 1.16 bits per heavy atom. The molecule has 0 aliphatic carbocycles. The zero-order valence-electron chi connectivity index (χ0n) is 10.3. The molecular weight excluding hydrogens is 260 g/mol. The monoisotopic (exact) mass is 272 g/mol. The van der Waals surface area contributed by atoms with Gasteiger partial charge in [-0.3, -0.25) is 0 Å². The maximum absolute atomic E-state index is 5.96. The van der Waals surface area contributed by atoms with Gasteiger partial charge in [0.2, 0.25) is 0 Å². The lowest BCUT2D eigenvalue weighted by Crippen LogP contribution is -1.95. The van der Waals surface area contributed by atoms with E-state index in [1.807, 2.05) is 18.2 Å². The Morgan fingerprint density at radius 2 is 1.95 bits per heavy atom. The number of hydrogen-bond donors (Lipinski definition) is 1. The third kappa shape index (κ3) is 2.53. The SMILES string of the molecule is Nc1cn2nc(CCc3ccccc3)nc2cc1Cl. The Morgan fingerprint density at radius 3 is 2.74 bits per heavy atom. The van der Waals surface area contributed by atoms with Gasteiger partial charge >= 0.3 is 0 Å². The third-order valence-electron chi connectivity index (χ3n) is 2.97. The van der Waals surface area contributed by atoms with Crippen LogP contribution in [0, 0.1) is 0 Å². The summed E-state index contributed by atoms with van der Waals surface area (Å²) in [5, 5.41) is 4.91. The molecule has 96 valence electrons. The largest absolute Gasteiger partial charge is 0.396 e. The number of anilines is 1. The molecule has 19 heavy (non-hydrogen) atoms. The van der Waals surface area contributed by atoms with Crippen molar-refractivity contribution in [3.63, 3.8) is 0 Å². The smallest absolute Gasteiger partial charge is 0.157 e. The normalized spacial score (nSPS) is 11.0. The molecule has 2 N–H and O–H groups in total. The summed E-state index contributed by atoms with van der Waals surface area (Å²) in [6, 6.07) is 12.0. The Balaban J connectivity index is 1.82. The summed E-state index contributed by atoms with van der Waals surface area (Å²) in [5.41, 5.74) is 8.25. The van der Waals surface area contributed by atoms with Crippen LogP contribution in [0.3, 0.4) is 0 Å². The number of fused-ring (bicyclic) bond motifs is 1. The summed E-state index contributed by atoms with van der Waals surface area (Å²) >= 11 is 5.96. The highest BCUT2D eigenvalue weighted by Gasteiger charge is 2.06. The second-order valence-electron chi connectivity index (χ2n) is 4.39. The number of aryl methyl sites for hydroxylation is 2. The molecule has 5 heteroatoms. The number of nitrogens with zero attached hydrogens (tertiary/aromatic N) is 3. The predicted octanol–water partition coefficient (Wildman–Crippen LogP) is 2.75. The highest BCUT2D eigenvalue weighted by molar-refractivity contribution is 6.33. The van der Waals surface area contributed by atoms with Crippen LogP contribution in [0.5, 0.6) is 0 Å². The van der Waals surface area contributed by atoms with Crippen molar-refractivity contribution in [2.24, 2.45) is 0 Å². The van der Waals surface area contributed by atoms with Gasteiger partial charge in [-0.1, -0.05) is 41.9 Å². The van der Waals surface area contributed by atoms with Crippen molar-refractivity contribution in [2.75, 3.05) is 5.73 Å². The molecule has 0 radical (unpaired) electrons. The number of benzene rings is 1. The van der Waals surface area contributed by atoms with Crippen LogP contribution in [0.25, 0.3) is 5.65 Å². The van der Waals surface area contributed by atoms with Gasteiger partial charge in [0.05, 0.1) is 16.9 Å². The number of hydrogen-bond acceptors (Lipinski definition) is 3. The molecule has 0 aliphatic rings. The fraction of sp³-hybridized carbons (Fsp3) is 0.143. The van der Waals surface area contributed by atoms with Crippen LogP contribution in [-0.2, 0) is 12.8 Å². The molecule has 3 rings (SSSR count). The van der Waals surface area contributed by atoms with Crippen molar-refractivity contribution in [1.29, 1.82) is 0 Å². The Kier molecular flexibility index (Phi) is 3.09. The second-order valence-corrected chi connectivity index (χ2v) is 4.80. The molecule has 0 fully saturated rings. The molecule has 3 aromatic rings. The van der Waals surface area contributed by atoms with Crippen LogP contribution in [-0.4, -0.2) is 14.6 Å². The first kappa shape index (κ1) is 12.0. The highest BCUT2D eigenvalue weighted by atomic mass is 35.5. The number of nitrogen functional groups attached to an aromatic ring is 1. The summed E-state index contributed by atoms with van der Waals surface area (Å²) in [7, 11) is 0. The molecule has 2 aromatic heterocycles. The molecule has 0 saturated heterocycles. The van der Waals surface area contributed by atoms with Gasteiger partial charge in [0.15, 0.2) is 11.5 Å². The maximum Gasteiger partial charge on any atom is 0.157 e. The molecule has 0 saturated carbocycles. The molecule has 0 bridgehead atoms. The van der Waals surface area contributed by atoms with Crippen LogP contribution in [0.2, 0.25) is 5.02 Å². The van der Waals surface area contributed by atoms with Crippen LogP contribution >= 0.6 is 11.6 Å². The zero-order chi connectivity index (χ0) is 13.2. The summed E-state index contributed by atoms with van der Waals surface area (Å²) in [6.45, 7) is 0. The standard InChI is InChI=1S/C14H13ClN4/c15-11-8-14-17-13(18-19(14)9-12(11)16)7-6-10-4-2-1-3-5-10/h1-5,8-9H,6-7,16H2. The minimum atomic E-state index is 0.508. The van der Waals surface area contributed by atoms with Crippen LogP contribution < -0.4 is 5.73 Å². The number of nitrogens with two attached hydrogens (primary N) is 1. The van der Waals surface area contributed by atoms with E-state index in [1.54, 1.807) is 16.8 Å². The van der Waals surface area contributed by atoms with Crippen molar-refractivity contribution in [1.82, 2.24) is 14.6 Å². The Hall–Kier alpha value is -2.07. The van der Waals surface area contributed by atoms with Gasteiger partial charge in [-0.2, -0.15) is 5.10 Å². The molecule has 4 nitrogen and oxygen atoms in total. The highest BCUT2D eigenvalue weighted by Crippen LogP contribution is 2.19. The second kappa shape index (κ2) is 4.90. The average Bonchev–Trinajstić information content (AvgIpc) is 2.80. The lowest BCUT2D eigenvalue weighted by molar-refractivity contribution is 0.837. The first-order chi connectivity index (χ1) is 9.22. The summed E-state index contributed by atoms with van der Waals surface area (Å²) in [4.78, 5) is 4.44. The number of pyridine rings is 1. The van der Waals surface area contributed by atoms with Crippen molar-refractivity contribution in [3.8, 4) is 0 Å². The van der Waals surface area contributed by atoms with Gasteiger partial charge in [-0.25, -0.2) is 9.50 Å². The van der Waals surface area contributed by atoms with E-state index >= 15 is 0 Å². The molecular formula is C14H13ClN4. The maximum atomic E-state index is 5.96. The van der Waals surface area contributed by atoms with Crippen molar-refractivity contribution < 1.29 is 0 Å². The summed E-state index contributed by atoms with van der Waals surface area (Å²) in [5.74, 6) is 0.797. The molecule has 1 aromatic carbocycles. The molecule has 0 amide bonds. The van der Waals surface area contributed by atoms with E-state index < -0.39 is 0 Å². The minimum Gasteiger partial charge on any atom is -0.396 e. The molecule has 0 spiro atoms. The van der Waals surface area contributed by atoms with Gasteiger partial charge in [-0.15, -0.1) is 0 Å². The Bertz CT molecular complexity index is 667. The fourth-order valence-electron chi connectivity index (χ4n) is 1.97.